The van der Waals surface area contributed by atoms with E-state index in [2.05, 4.69) is 4.98 Å². The second kappa shape index (κ2) is 6.38. The van der Waals surface area contributed by atoms with Gasteiger partial charge in [0, 0.05) is 5.39 Å². The summed E-state index contributed by atoms with van der Waals surface area (Å²) in [6.07, 6.45) is -7.48. The number of aromatic amines is 1. The zero-order valence-corrected chi connectivity index (χ0v) is 12.4. The third kappa shape index (κ3) is 2.72. The highest BCUT2D eigenvalue weighted by molar-refractivity contribution is 5.87. The van der Waals surface area contributed by atoms with Crippen LogP contribution in [-0.4, -0.2) is 67.8 Å². The molecule has 0 aliphatic carbocycles. The summed E-state index contributed by atoms with van der Waals surface area (Å²) in [7, 11) is 0. The van der Waals surface area contributed by atoms with Crippen LogP contribution in [0.4, 0.5) is 0 Å². The number of aromatic nitrogens is 1. The molecule has 24 heavy (non-hydrogen) atoms. The summed E-state index contributed by atoms with van der Waals surface area (Å²) in [4.78, 5) is 14.3. The number of fused-ring (bicyclic) bond motifs is 1. The fraction of sp³-hybridized carbons (Fsp3) is 0.400. The van der Waals surface area contributed by atoms with Crippen molar-refractivity contribution in [1.82, 2.24) is 4.98 Å². The lowest BCUT2D eigenvalue weighted by Gasteiger charge is -2.39. The summed E-state index contributed by atoms with van der Waals surface area (Å²) < 4.78 is 10.6. The van der Waals surface area contributed by atoms with E-state index in [0.717, 1.165) is 0 Å². The Bertz CT molecular complexity index is 789. The molecule has 9 heteroatoms. The first-order chi connectivity index (χ1) is 11.4. The maximum atomic E-state index is 11.8. The molecule has 6 N–H and O–H groups in total. The zero-order valence-electron chi connectivity index (χ0n) is 12.4. The fourth-order valence-corrected chi connectivity index (χ4v) is 2.60. The molecule has 0 bridgehead atoms. The van der Waals surface area contributed by atoms with Gasteiger partial charge in [0.25, 0.3) is 5.56 Å². The lowest BCUT2D eigenvalue weighted by molar-refractivity contribution is -0.277. The Morgan fingerprint density at radius 1 is 1.12 bits per heavy atom. The van der Waals surface area contributed by atoms with Gasteiger partial charge in [-0.3, -0.25) is 4.79 Å². The Labute approximate surface area is 135 Å². The summed E-state index contributed by atoms with van der Waals surface area (Å²) in [6, 6.07) is 6.49. The SMILES string of the molecule is O=c1[nH]c2ccccc2c(O[C@H]2O[C@H](CO)[C@@H](O)[C@H](O)[C@H]2O)c1O. The van der Waals surface area contributed by atoms with Crippen molar-refractivity contribution in [3.05, 3.63) is 34.6 Å². The molecule has 0 spiro atoms. The van der Waals surface area contributed by atoms with E-state index in [9.17, 15) is 30.3 Å². The quantitative estimate of drug-likeness (QED) is 0.391. The van der Waals surface area contributed by atoms with Crippen molar-refractivity contribution in [2.75, 3.05) is 6.61 Å². The molecule has 0 amide bonds. The van der Waals surface area contributed by atoms with Crippen LogP contribution >= 0.6 is 0 Å². The molecule has 0 saturated carbocycles. The van der Waals surface area contributed by atoms with E-state index < -0.39 is 48.6 Å². The van der Waals surface area contributed by atoms with E-state index in [0.29, 0.717) is 10.9 Å². The molecule has 5 atom stereocenters. The molecule has 1 aromatic carbocycles. The van der Waals surface area contributed by atoms with Crippen molar-refractivity contribution in [3.8, 4) is 11.5 Å². The molecule has 1 aliphatic heterocycles. The summed E-state index contributed by atoms with van der Waals surface area (Å²) in [5, 5.41) is 49.1. The predicted octanol–water partition coefficient (Wildman–Crippen LogP) is -1.59. The van der Waals surface area contributed by atoms with Gasteiger partial charge in [0.05, 0.1) is 12.1 Å². The number of aliphatic hydroxyl groups excluding tert-OH is 4. The number of aromatic hydroxyl groups is 1. The van der Waals surface area contributed by atoms with Crippen LogP contribution in [0.1, 0.15) is 0 Å². The summed E-state index contributed by atoms with van der Waals surface area (Å²) >= 11 is 0. The molecule has 0 radical (unpaired) electrons. The van der Waals surface area contributed by atoms with Crippen LogP contribution in [-0.2, 0) is 4.74 Å². The van der Waals surface area contributed by atoms with E-state index in [-0.39, 0.29) is 5.75 Å². The third-order valence-corrected chi connectivity index (χ3v) is 3.93. The first kappa shape index (κ1) is 16.7. The largest absolute Gasteiger partial charge is 0.500 e. The average Bonchev–Trinajstić information content (AvgIpc) is 2.58. The zero-order chi connectivity index (χ0) is 17.4. The van der Waals surface area contributed by atoms with Crippen LogP contribution in [0, 0.1) is 0 Å². The maximum Gasteiger partial charge on any atom is 0.294 e. The summed E-state index contributed by atoms with van der Waals surface area (Å²) in [5.74, 6) is -0.954. The normalized spacial score (nSPS) is 30.4. The van der Waals surface area contributed by atoms with Crippen LogP contribution in [0.25, 0.3) is 10.9 Å². The highest BCUT2D eigenvalue weighted by Crippen LogP contribution is 2.33. The minimum Gasteiger partial charge on any atom is -0.500 e. The van der Waals surface area contributed by atoms with Crippen LogP contribution in [0.2, 0.25) is 0 Å². The number of para-hydroxylation sites is 1. The number of H-pyrrole nitrogens is 1. The van der Waals surface area contributed by atoms with Crippen LogP contribution < -0.4 is 10.3 Å². The minimum atomic E-state index is -1.65. The lowest BCUT2D eigenvalue weighted by atomic mass is 9.99. The molecular weight excluding hydrogens is 322 g/mol. The van der Waals surface area contributed by atoms with Gasteiger partial charge in [-0.25, -0.2) is 0 Å². The topological polar surface area (TPSA) is 152 Å². The van der Waals surface area contributed by atoms with Crippen molar-refractivity contribution < 1.29 is 35.0 Å². The van der Waals surface area contributed by atoms with Crippen molar-refractivity contribution in [3.63, 3.8) is 0 Å². The van der Waals surface area contributed by atoms with E-state index in [1.165, 1.54) is 0 Å². The smallest absolute Gasteiger partial charge is 0.294 e. The number of aliphatic hydroxyl groups is 4. The molecule has 1 aromatic heterocycles. The average molecular weight is 339 g/mol. The second-order valence-corrected chi connectivity index (χ2v) is 5.49. The Morgan fingerprint density at radius 3 is 2.54 bits per heavy atom. The van der Waals surface area contributed by atoms with Crippen LogP contribution in [0.5, 0.6) is 11.5 Å². The third-order valence-electron chi connectivity index (χ3n) is 3.93. The standard InChI is InChI=1S/C15H17NO8/c17-5-8-9(18)10(19)11(20)15(23-8)24-13-6-3-1-2-4-7(6)16-14(22)12(13)21/h1-4,8-11,15,17-21H,5H2,(H,16,22)/t8-,9-,10+,11-,15-/m1/s1. The first-order valence-corrected chi connectivity index (χ1v) is 7.25. The monoisotopic (exact) mass is 339 g/mol. The molecule has 0 unspecified atom stereocenters. The lowest BCUT2D eigenvalue weighted by Crippen LogP contribution is -2.60. The number of hydrogen-bond acceptors (Lipinski definition) is 8. The summed E-state index contributed by atoms with van der Waals surface area (Å²) in [6.45, 7) is -0.618. The van der Waals surface area contributed by atoms with Gasteiger partial charge in [0.1, 0.15) is 24.4 Å². The molecule has 1 aliphatic rings. The molecule has 9 nitrogen and oxygen atoms in total. The highest BCUT2D eigenvalue weighted by Gasteiger charge is 2.45. The molecular formula is C15H17NO8. The molecule has 1 saturated heterocycles. The molecule has 1 fully saturated rings. The van der Waals surface area contributed by atoms with Gasteiger partial charge in [-0.05, 0) is 12.1 Å². The fourth-order valence-electron chi connectivity index (χ4n) is 2.60. The Morgan fingerprint density at radius 2 is 1.83 bits per heavy atom. The van der Waals surface area contributed by atoms with Gasteiger partial charge in [0.15, 0.2) is 5.75 Å². The Hall–Kier alpha value is -2.17. The maximum absolute atomic E-state index is 11.8. The van der Waals surface area contributed by atoms with E-state index in [1.54, 1.807) is 24.3 Å². The van der Waals surface area contributed by atoms with Crippen molar-refractivity contribution in [1.29, 1.82) is 0 Å². The molecule has 3 rings (SSSR count). The number of hydrogen-bond donors (Lipinski definition) is 6. The van der Waals surface area contributed by atoms with Gasteiger partial charge in [-0.2, -0.15) is 0 Å². The van der Waals surface area contributed by atoms with Crippen molar-refractivity contribution in [2.24, 2.45) is 0 Å². The number of rotatable bonds is 3. The Kier molecular flexibility index (Phi) is 4.43. The van der Waals surface area contributed by atoms with Crippen LogP contribution in [0.15, 0.2) is 29.1 Å². The number of benzene rings is 1. The van der Waals surface area contributed by atoms with E-state index in [1.807, 2.05) is 0 Å². The number of nitrogens with one attached hydrogen (secondary N) is 1. The first-order valence-electron chi connectivity index (χ1n) is 7.25. The van der Waals surface area contributed by atoms with Crippen molar-refractivity contribution in [2.45, 2.75) is 30.7 Å². The molecule has 130 valence electrons. The number of ether oxygens (including phenoxy) is 2. The molecule has 2 heterocycles. The second-order valence-electron chi connectivity index (χ2n) is 5.49. The van der Waals surface area contributed by atoms with Gasteiger partial charge >= 0.3 is 0 Å². The van der Waals surface area contributed by atoms with E-state index >= 15 is 0 Å². The van der Waals surface area contributed by atoms with Gasteiger partial charge in [-0.1, -0.05) is 12.1 Å². The Balaban J connectivity index is 2.00. The van der Waals surface area contributed by atoms with Crippen molar-refractivity contribution >= 4 is 10.9 Å². The van der Waals surface area contributed by atoms with Gasteiger partial charge < -0.3 is 40.0 Å². The van der Waals surface area contributed by atoms with E-state index in [4.69, 9.17) is 9.47 Å². The minimum absolute atomic E-state index is 0.237. The summed E-state index contributed by atoms with van der Waals surface area (Å²) in [5.41, 5.74) is -0.409. The molecule has 2 aromatic rings. The highest BCUT2D eigenvalue weighted by atomic mass is 16.7. The van der Waals surface area contributed by atoms with Crippen LogP contribution in [0.3, 0.4) is 0 Å². The number of pyridine rings is 1. The van der Waals surface area contributed by atoms with Gasteiger partial charge in [0.2, 0.25) is 12.0 Å². The predicted molar refractivity (Wildman–Crippen MR) is 80.6 cm³/mol. The van der Waals surface area contributed by atoms with Gasteiger partial charge in [-0.15, -0.1) is 0 Å².